The molecule has 1 saturated heterocycles. The Bertz CT molecular complexity index is 326. The molecule has 1 aliphatic heterocycles. The Balaban J connectivity index is 2.12. The van der Waals surface area contributed by atoms with Gasteiger partial charge in [-0.3, -0.25) is 4.90 Å². The van der Waals surface area contributed by atoms with E-state index in [9.17, 15) is 0 Å². The molecule has 2 heterocycles. The van der Waals surface area contributed by atoms with Gasteiger partial charge in [0, 0.05) is 37.8 Å². The van der Waals surface area contributed by atoms with Crippen LogP contribution in [-0.4, -0.2) is 31.1 Å². The van der Waals surface area contributed by atoms with E-state index in [2.05, 4.69) is 30.1 Å². The molecular formula is C12H20N2O. The smallest absolute Gasteiger partial charge is 0.105 e. The number of rotatable bonds is 2. The van der Waals surface area contributed by atoms with Crippen LogP contribution in [-0.2, 0) is 0 Å². The zero-order valence-electron chi connectivity index (χ0n) is 9.84. The lowest BCUT2D eigenvalue weighted by molar-refractivity contribution is 0.184. The normalized spacial score (nSPS) is 20.5. The number of aryl methyl sites for hydroxylation is 2. The maximum Gasteiger partial charge on any atom is 0.105 e. The molecule has 1 unspecified atom stereocenters. The highest BCUT2D eigenvalue weighted by atomic mass is 16.3. The molecule has 1 aliphatic rings. The van der Waals surface area contributed by atoms with Gasteiger partial charge in [-0.05, 0) is 26.8 Å². The van der Waals surface area contributed by atoms with Crippen molar-refractivity contribution in [3.05, 3.63) is 23.2 Å². The van der Waals surface area contributed by atoms with Gasteiger partial charge in [0.05, 0.1) is 0 Å². The standard InChI is InChI=1S/C12H20N2O/c1-9-8-12(11(3)15-9)10(2)14-6-4-13-5-7-14/h8,10,13H,4-7H2,1-3H3. The molecule has 0 spiro atoms. The van der Waals surface area contributed by atoms with Crippen LogP contribution in [0.25, 0.3) is 0 Å². The summed E-state index contributed by atoms with van der Waals surface area (Å²) in [5, 5.41) is 3.38. The number of hydrogen-bond acceptors (Lipinski definition) is 3. The van der Waals surface area contributed by atoms with E-state index < -0.39 is 0 Å². The first-order chi connectivity index (χ1) is 7.18. The first-order valence-electron chi connectivity index (χ1n) is 5.70. The van der Waals surface area contributed by atoms with E-state index in [1.165, 1.54) is 5.56 Å². The van der Waals surface area contributed by atoms with Gasteiger partial charge in [0.15, 0.2) is 0 Å². The monoisotopic (exact) mass is 208 g/mol. The van der Waals surface area contributed by atoms with Crippen molar-refractivity contribution in [2.24, 2.45) is 0 Å². The number of nitrogens with one attached hydrogen (secondary N) is 1. The van der Waals surface area contributed by atoms with E-state index in [1.807, 2.05) is 6.92 Å². The highest BCUT2D eigenvalue weighted by Gasteiger charge is 2.21. The first kappa shape index (κ1) is 10.7. The van der Waals surface area contributed by atoms with Crippen molar-refractivity contribution in [1.29, 1.82) is 0 Å². The van der Waals surface area contributed by atoms with Gasteiger partial charge in [0.1, 0.15) is 11.5 Å². The van der Waals surface area contributed by atoms with Crippen LogP contribution in [0.1, 0.15) is 30.0 Å². The third kappa shape index (κ3) is 2.24. The molecular weight excluding hydrogens is 188 g/mol. The van der Waals surface area contributed by atoms with Crippen molar-refractivity contribution in [1.82, 2.24) is 10.2 Å². The third-order valence-corrected chi connectivity index (χ3v) is 3.23. The Morgan fingerprint density at radius 3 is 2.53 bits per heavy atom. The second kappa shape index (κ2) is 4.37. The van der Waals surface area contributed by atoms with Gasteiger partial charge in [-0.1, -0.05) is 0 Å². The van der Waals surface area contributed by atoms with Crippen molar-refractivity contribution in [3.8, 4) is 0 Å². The lowest BCUT2D eigenvalue weighted by Crippen LogP contribution is -2.44. The highest BCUT2D eigenvalue weighted by molar-refractivity contribution is 5.23. The summed E-state index contributed by atoms with van der Waals surface area (Å²) in [5.41, 5.74) is 1.34. The van der Waals surface area contributed by atoms with E-state index in [4.69, 9.17) is 4.42 Å². The fraction of sp³-hybridized carbons (Fsp3) is 0.667. The summed E-state index contributed by atoms with van der Waals surface area (Å²) in [6, 6.07) is 2.65. The second-order valence-electron chi connectivity index (χ2n) is 4.33. The van der Waals surface area contributed by atoms with E-state index in [1.54, 1.807) is 0 Å². The average Bonchev–Trinajstić information content (AvgIpc) is 2.58. The minimum atomic E-state index is 0.476. The number of furan rings is 1. The van der Waals surface area contributed by atoms with Gasteiger partial charge in [-0.25, -0.2) is 0 Å². The van der Waals surface area contributed by atoms with Crippen LogP contribution in [0, 0.1) is 13.8 Å². The Morgan fingerprint density at radius 1 is 1.33 bits per heavy atom. The van der Waals surface area contributed by atoms with Crippen molar-refractivity contribution in [2.75, 3.05) is 26.2 Å². The largest absolute Gasteiger partial charge is 0.466 e. The van der Waals surface area contributed by atoms with Crippen LogP contribution in [0.15, 0.2) is 10.5 Å². The molecule has 1 N–H and O–H groups in total. The first-order valence-corrected chi connectivity index (χ1v) is 5.70. The second-order valence-corrected chi connectivity index (χ2v) is 4.33. The zero-order valence-corrected chi connectivity index (χ0v) is 9.84. The molecule has 0 aliphatic carbocycles. The SMILES string of the molecule is Cc1cc(C(C)N2CCNCC2)c(C)o1. The van der Waals surface area contributed by atoms with E-state index in [0.29, 0.717) is 6.04 Å². The molecule has 84 valence electrons. The van der Waals surface area contributed by atoms with Crippen LogP contribution >= 0.6 is 0 Å². The molecule has 15 heavy (non-hydrogen) atoms. The van der Waals surface area contributed by atoms with Crippen LogP contribution in [0.5, 0.6) is 0 Å². The molecule has 0 radical (unpaired) electrons. The van der Waals surface area contributed by atoms with Gasteiger partial charge < -0.3 is 9.73 Å². The molecule has 0 bridgehead atoms. The van der Waals surface area contributed by atoms with Crippen molar-refractivity contribution in [2.45, 2.75) is 26.8 Å². The van der Waals surface area contributed by atoms with Gasteiger partial charge in [0.2, 0.25) is 0 Å². The highest BCUT2D eigenvalue weighted by Crippen LogP contribution is 2.26. The third-order valence-electron chi connectivity index (χ3n) is 3.23. The summed E-state index contributed by atoms with van der Waals surface area (Å²) in [6.45, 7) is 10.8. The maximum atomic E-state index is 5.58. The van der Waals surface area contributed by atoms with Gasteiger partial charge in [-0.2, -0.15) is 0 Å². The zero-order chi connectivity index (χ0) is 10.8. The van der Waals surface area contributed by atoms with E-state index in [0.717, 1.165) is 37.7 Å². The minimum Gasteiger partial charge on any atom is -0.466 e. The van der Waals surface area contributed by atoms with Gasteiger partial charge in [-0.15, -0.1) is 0 Å². The molecule has 1 fully saturated rings. The maximum absolute atomic E-state index is 5.58. The van der Waals surface area contributed by atoms with Gasteiger partial charge in [0.25, 0.3) is 0 Å². The van der Waals surface area contributed by atoms with E-state index in [-0.39, 0.29) is 0 Å². The quantitative estimate of drug-likeness (QED) is 0.804. The summed E-state index contributed by atoms with van der Waals surface area (Å²) in [6.07, 6.45) is 0. The molecule has 0 amide bonds. The Hall–Kier alpha value is -0.800. The van der Waals surface area contributed by atoms with Crippen LogP contribution in [0.3, 0.4) is 0 Å². The van der Waals surface area contributed by atoms with Crippen LogP contribution in [0.4, 0.5) is 0 Å². The molecule has 3 heteroatoms. The predicted octanol–water partition coefficient (Wildman–Crippen LogP) is 1.86. The molecule has 1 aromatic heterocycles. The summed E-state index contributed by atoms with van der Waals surface area (Å²) in [7, 11) is 0. The number of hydrogen-bond donors (Lipinski definition) is 1. The van der Waals surface area contributed by atoms with Crippen molar-refractivity contribution in [3.63, 3.8) is 0 Å². The molecule has 3 nitrogen and oxygen atoms in total. The summed E-state index contributed by atoms with van der Waals surface area (Å²) >= 11 is 0. The van der Waals surface area contributed by atoms with Gasteiger partial charge >= 0.3 is 0 Å². The fourth-order valence-electron chi connectivity index (χ4n) is 2.33. The lowest BCUT2D eigenvalue weighted by atomic mass is 10.1. The fourth-order valence-corrected chi connectivity index (χ4v) is 2.33. The van der Waals surface area contributed by atoms with Crippen LogP contribution < -0.4 is 5.32 Å². The molecule has 0 saturated carbocycles. The molecule has 2 rings (SSSR count). The molecule has 1 atom stereocenters. The van der Waals surface area contributed by atoms with Crippen molar-refractivity contribution >= 4 is 0 Å². The Labute approximate surface area is 91.4 Å². The summed E-state index contributed by atoms with van der Waals surface area (Å²) < 4.78 is 5.58. The molecule has 1 aromatic rings. The minimum absolute atomic E-state index is 0.476. The number of piperazine rings is 1. The van der Waals surface area contributed by atoms with Crippen LogP contribution in [0.2, 0.25) is 0 Å². The Kier molecular flexibility index (Phi) is 3.12. The molecule has 0 aromatic carbocycles. The lowest BCUT2D eigenvalue weighted by Gasteiger charge is -2.32. The van der Waals surface area contributed by atoms with Crippen molar-refractivity contribution < 1.29 is 4.42 Å². The number of nitrogens with zero attached hydrogens (tertiary/aromatic N) is 1. The summed E-state index contributed by atoms with van der Waals surface area (Å²) in [4.78, 5) is 2.51. The summed E-state index contributed by atoms with van der Waals surface area (Å²) in [5.74, 6) is 2.09. The topological polar surface area (TPSA) is 28.4 Å². The predicted molar refractivity (Wildman–Crippen MR) is 61.0 cm³/mol. The Morgan fingerprint density at radius 2 is 2.00 bits per heavy atom. The van der Waals surface area contributed by atoms with E-state index >= 15 is 0 Å². The average molecular weight is 208 g/mol.